The molecule has 0 aromatic carbocycles. The lowest BCUT2D eigenvalue weighted by atomic mass is 10.3. The summed E-state index contributed by atoms with van der Waals surface area (Å²) in [6.45, 7) is 2.09. The van der Waals surface area contributed by atoms with Crippen molar-refractivity contribution in [2.45, 2.75) is 25.8 Å². The summed E-state index contributed by atoms with van der Waals surface area (Å²) in [6.07, 6.45) is 2.20. The Morgan fingerprint density at radius 3 is 2.94 bits per heavy atom. The summed E-state index contributed by atoms with van der Waals surface area (Å²) < 4.78 is 0. The molecule has 4 N–H and O–H groups in total. The number of anilines is 2. The van der Waals surface area contributed by atoms with Crippen molar-refractivity contribution in [2.75, 3.05) is 17.6 Å². The van der Waals surface area contributed by atoms with Crippen LogP contribution in [0, 0.1) is 6.92 Å². The number of pyridine rings is 1. The van der Waals surface area contributed by atoms with Crippen LogP contribution in [0.3, 0.4) is 0 Å². The Hall–Kier alpha value is -1.78. The van der Waals surface area contributed by atoms with E-state index < -0.39 is 0 Å². The molecule has 16 heavy (non-hydrogen) atoms. The Balaban J connectivity index is 1.83. The second-order valence-electron chi connectivity index (χ2n) is 4.07. The quantitative estimate of drug-likeness (QED) is 0.696. The zero-order valence-corrected chi connectivity index (χ0v) is 9.29. The van der Waals surface area contributed by atoms with Crippen molar-refractivity contribution in [3.63, 3.8) is 0 Å². The molecule has 0 spiro atoms. The van der Waals surface area contributed by atoms with Gasteiger partial charge in [0.05, 0.1) is 17.9 Å². The number of amides is 1. The molecule has 1 fully saturated rings. The molecule has 86 valence electrons. The van der Waals surface area contributed by atoms with Gasteiger partial charge in [-0.05, 0) is 31.9 Å². The molecule has 0 atom stereocenters. The van der Waals surface area contributed by atoms with E-state index in [4.69, 9.17) is 5.73 Å². The zero-order valence-electron chi connectivity index (χ0n) is 9.29. The van der Waals surface area contributed by atoms with E-state index in [0.29, 0.717) is 17.5 Å². The number of carbonyl (C=O) groups excluding carboxylic acids is 1. The molecule has 1 heterocycles. The Labute approximate surface area is 94.4 Å². The number of hydrogen-bond acceptors (Lipinski definition) is 4. The van der Waals surface area contributed by atoms with Crippen LogP contribution in [0.15, 0.2) is 12.1 Å². The predicted molar refractivity (Wildman–Crippen MR) is 63.0 cm³/mol. The molecule has 0 unspecified atom stereocenters. The third-order valence-corrected chi connectivity index (χ3v) is 2.50. The van der Waals surface area contributed by atoms with Crippen LogP contribution in [-0.2, 0) is 4.79 Å². The normalized spacial score (nSPS) is 14.6. The van der Waals surface area contributed by atoms with E-state index in [1.807, 2.05) is 6.92 Å². The van der Waals surface area contributed by atoms with Gasteiger partial charge in [-0.15, -0.1) is 0 Å². The van der Waals surface area contributed by atoms with Gasteiger partial charge < -0.3 is 16.4 Å². The number of nitrogens with one attached hydrogen (secondary N) is 2. The van der Waals surface area contributed by atoms with E-state index in [9.17, 15) is 4.79 Å². The first-order chi connectivity index (χ1) is 7.65. The molecule has 1 aliphatic carbocycles. The summed E-state index contributed by atoms with van der Waals surface area (Å²) in [5.41, 5.74) is 7.08. The highest BCUT2D eigenvalue weighted by Crippen LogP contribution is 2.18. The molecular weight excluding hydrogens is 204 g/mol. The predicted octanol–water partition coefficient (Wildman–Crippen LogP) is 0.663. The maximum absolute atomic E-state index is 11.4. The molecular formula is C11H16N4O. The summed E-state index contributed by atoms with van der Waals surface area (Å²) in [5, 5.41) is 5.86. The van der Waals surface area contributed by atoms with E-state index in [0.717, 1.165) is 18.5 Å². The molecule has 1 saturated carbocycles. The number of nitrogens with zero attached hydrogens (tertiary/aromatic N) is 1. The maximum Gasteiger partial charge on any atom is 0.239 e. The fourth-order valence-electron chi connectivity index (χ4n) is 1.35. The lowest BCUT2D eigenvalue weighted by Gasteiger charge is -2.07. The van der Waals surface area contributed by atoms with Crippen molar-refractivity contribution in [1.82, 2.24) is 10.3 Å². The van der Waals surface area contributed by atoms with Crippen LogP contribution < -0.4 is 16.4 Å². The number of rotatable bonds is 4. The van der Waals surface area contributed by atoms with Crippen molar-refractivity contribution in [1.29, 1.82) is 0 Å². The van der Waals surface area contributed by atoms with Crippen molar-refractivity contribution in [3.05, 3.63) is 17.8 Å². The van der Waals surface area contributed by atoms with Crippen LogP contribution in [0.25, 0.3) is 0 Å². The monoisotopic (exact) mass is 220 g/mol. The van der Waals surface area contributed by atoms with Gasteiger partial charge in [-0.2, -0.15) is 0 Å². The Bertz CT molecular complexity index is 401. The zero-order chi connectivity index (χ0) is 11.5. The van der Waals surface area contributed by atoms with E-state index in [1.165, 1.54) is 0 Å². The van der Waals surface area contributed by atoms with E-state index >= 15 is 0 Å². The van der Waals surface area contributed by atoms with Crippen LogP contribution in [0.1, 0.15) is 18.5 Å². The third-order valence-electron chi connectivity index (χ3n) is 2.50. The molecule has 1 amide bonds. The fraction of sp³-hybridized carbons (Fsp3) is 0.455. The number of hydrogen-bond donors (Lipinski definition) is 3. The maximum atomic E-state index is 11.4. The standard InChI is InChI=1S/C11H16N4O/c1-7-9(12)4-5-10(14-7)13-6-11(16)15-8-2-3-8/h4-5,8H,2-3,6,12H2,1H3,(H,13,14)(H,15,16). The van der Waals surface area contributed by atoms with Crippen LogP contribution in [0.5, 0.6) is 0 Å². The molecule has 2 rings (SSSR count). The number of carbonyl (C=O) groups is 1. The van der Waals surface area contributed by atoms with Crippen molar-refractivity contribution in [2.24, 2.45) is 0 Å². The number of nitrogens with two attached hydrogens (primary N) is 1. The molecule has 0 radical (unpaired) electrons. The Kier molecular flexibility index (Phi) is 2.94. The summed E-state index contributed by atoms with van der Waals surface area (Å²) in [5.74, 6) is 0.691. The van der Waals surface area contributed by atoms with Crippen LogP contribution in [-0.4, -0.2) is 23.5 Å². The Morgan fingerprint density at radius 1 is 1.56 bits per heavy atom. The lowest BCUT2D eigenvalue weighted by molar-refractivity contribution is -0.119. The van der Waals surface area contributed by atoms with Gasteiger partial charge in [0.1, 0.15) is 5.82 Å². The van der Waals surface area contributed by atoms with Crippen molar-refractivity contribution in [3.8, 4) is 0 Å². The third kappa shape index (κ3) is 2.85. The largest absolute Gasteiger partial charge is 0.397 e. The minimum atomic E-state index is 0.0128. The second kappa shape index (κ2) is 4.38. The molecule has 0 aliphatic heterocycles. The highest BCUT2D eigenvalue weighted by atomic mass is 16.2. The molecule has 1 aromatic rings. The van der Waals surface area contributed by atoms with Gasteiger partial charge in [-0.25, -0.2) is 4.98 Å². The highest BCUT2D eigenvalue weighted by molar-refractivity contribution is 5.81. The van der Waals surface area contributed by atoms with Gasteiger partial charge in [0.25, 0.3) is 0 Å². The SMILES string of the molecule is Cc1nc(NCC(=O)NC2CC2)ccc1N. The van der Waals surface area contributed by atoms with Crippen molar-refractivity contribution >= 4 is 17.4 Å². The topological polar surface area (TPSA) is 80.0 Å². The minimum absolute atomic E-state index is 0.0128. The molecule has 5 nitrogen and oxygen atoms in total. The van der Waals surface area contributed by atoms with Gasteiger partial charge in [0, 0.05) is 6.04 Å². The number of aryl methyl sites for hydroxylation is 1. The van der Waals surface area contributed by atoms with Gasteiger partial charge in [-0.1, -0.05) is 0 Å². The summed E-state index contributed by atoms with van der Waals surface area (Å²) in [6, 6.07) is 3.95. The van der Waals surface area contributed by atoms with Gasteiger partial charge in [-0.3, -0.25) is 4.79 Å². The average Bonchev–Trinajstić information content (AvgIpc) is 3.04. The molecule has 1 aromatic heterocycles. The first-order valence-corrected chi connectivity index (χ1v) is 5.41. The van der Waals surface area contributed by atoms with E-state index in [2.05, 4.69) is 15.6 Å². The van der Waals surface area contributed by atoms with E-state index in [-0.39, 0.29) is 12.5 Å². The van der Waals surface area contributed by atoms with E-state index in [1.54, 1.807) is 12.1 Å². The summed E-state index contributed by atoms with van der Waals surface area (Å²) in [7, 11) is 0. The number of nitrogen functional groups attached to an aromatic ring is 1. The number of aromatic nitrogens is 1. The first-order valence-electron chi connectivity index (χ1n) is 5.41. The molecule has 5 heteroatoms. The van der Waals surface area contributed by atoms with Gasteiger partial charge >= 0.3 is 0 Å². The minimum Gasteiger partial charge on any atom is -0.397 e. The average molecular weight is 220 g/mol. The molecule has 1 aliphatic rings. The van der Waals surface area contributed by atoms with Crippen LogP contribution in [0.4, 0.5) is 11.5 Å². The smallest absolute Gasteiger partial charge is 0.239 e. The summed E-state index contributed by atoms with van der Waals surface area (Å²) in [4.78, 5) is 15.6. The Morgan fingerprint density at radius 2 is 2.31 bits per heavy atom. The highest BCUT2D eigenvalue weighted by Gasteiger charge is 2.22. The fourth-order valence-corrected chi connectivity index (χ4v) is 1.35. The van der Waals surface area contributed by atoms with Crippen LogP contribution >= 0.6 is 0 Å². The van der Waals surface area contributed by atoms with Gasteiger partial charge in [0.15, 0.2) is 0 Å². The molecule has 0 bridgehead atoms. The summed E-state index contributed by atoms with van der Waals surface area (Å²) >= 11 is 0. The van der Waals surface area contributed by atoms with Crippen LogP contribution in [0.2, 0.25) is 0 Å². The molecule has 0 saturated heterocycles. The second-order valence-corrected chi connectivity index (χ2v) is 4.07. The van der Waals surface area contributed by atoms with Gasteiger partial charge in [0.2, 0.25) is 5.91 Å². The van der Waals surface area contributed by atoms with Crippen molar-refractivity contribution < 1.29 is 4.79 Å². The lowest BCUT2D eigenvalue weighted by Crippen LogP contribution is -2.31. The first kappa shape index (κ1) is 10.7.